The highest BCUT2D eigenvalue weighted by atomic mass is 19.4. The summed E-state index contributed by atoms with van der Waals surface area (Å²) < 4.78 is 38.3. The van der Waals surface area contributed by atoms with Gasteiger partial charge in [-0.25, -0.2) is 4.98 Å². The maximum absolute atomic E-state index is 12.8. The molecule has 0 aliphatic heterocycles. The number of halogens is 3. The highest BCUT2D eigenvalue weighted by Crippen LogP contribution is 2.30. The number of anilines is 2. The van der Waals surface area contributed by atoms with Crippen LogP contribution in [0.25, 0.3) is 0 Å². The van der Waals surface area contributed by atoms with E-state index in [9.17, 15) is 13.2 Å². The number of aromatic nitrogens is 2. The van der Waals surface area contributed by atoms with E-state index in [1.165, 1.54) is 19.9 Å². The van der Waals surface area contributed by atoms with Gasteiger partial charge >= 0.3 is 6.18 Å². The largest absolute Gasteiger partial charge is 0.433 e. The molecule has 0 saturated heterocycles. The highest BCUT2D eigenvalue weighted by Gasteiger charge is 2.33. The molecule has 2 N–H and O–H groups in total. The molecule has 7 heteroatoms. The maximum atomic E-state index is 12.8. The van der Waals surface area contributed by atoms with Crippen LogP contribution >= 0.6 is 0 Å². The number of rotatable bonds is 3. The van der Waals surface area contributed by atoms with Crippen molar-refractivity contribution in [3.63, 3.8) is 0 Å². The van der Waals surface area contributed by atoms with Gasteiger partial charge in [0.1, 0.15) is 5.82 Å². The van der Waals surface area contributed by atoms with E-state index in [0.29, 0.717) is 0 Å². The quantitative estimate of drug-likeness (QED) is 0.833. The molecule has 112 valence electrons. The van der Waals surface area contributed by atoms with Gasteiger partial charge < -0.3 is 10.6 Å². The molecule has 1 heterocycles. The molecular formula is C13H19F3N4. The Bertz CT molecular complexity index is 440. The van der Waals surface area contributed by atoms with Gasteiger partial charge in [-0.2, -0.15) is 18.2 Å². The van der Waals surface area contributed by atoms with Crippen molar-refractivity contribution in [3.05, 3.63) is 11.8 Å². The minimum atomic E-state index is -4.46. The van der Waals surface area contributed by atoms with Crippen LogP contribution in [-0.2, 0) is 6.18 Å². The lowest BCUT2D eigenvalue weighted by Crippen LogP contribution is -2.20. The Kier molecular flexibility index (Phi) is 4.67. The summed E-state index contributed by atoms with van der Waals surface area (Å²) in [7, 11) is 1.50. The van der Waals surface area contributed by atoms with Crippen molar-refractivity contribution in [1.29, 1.82) is 0 Å². The molecule has 4 nitrogen and oxygen atoms in total. The lowest BCUT2D eigenvalue weighted by molar-refractivity contribution is -0.141. The Labute approximate surface area is 116 Å². The molecule has 1 aliphatic rings. The molecule has 0 aromatic carbocycles. The molecule has 1 aromatic heterocycles. The fourth-order valence-corrected chi connectivity index (χ4v) is 2.41. The fraction of sp³-hybridized carbons (Fsp3) is 0.692. The Morgan fingerprint density at radius 2 is 1.75 bits per heavy atom. The number of alkyl halides is 3. The SMILES string of the molecule is CNc1nc(NC2CCCCCC2)cc(C(F)(F)F)n1. The van der Waals surface area contributed by atoms with Gasteiger partial charge in [-0.15, -0.1) is 0 Å². The fourth-order valence-electron chi connectivity index (χ4n) is 2.41. The topological polar surface area (TPSA) is 49.8 Å². The van der Waals surface area contributed by atoms with Crippen molar-refractivity contribution in [2.24, 2.45) is 0 Å². The molecule has 1 aromatic rings. The summed E-state index contributed by atoms with van der Waals surface area (Å²) in [5.74, 6) is 0.222. The molecular weight excluding hydrogens is 269 g/mol. The first-order valence-electron chi connectivity index (χ1n) is 6.89. The number of nitrogens with zero attached hydrogens (tertiary/aromatic N) is 2. The summed E-state index contributed by atoms with van der Waals surface area (Å²) in [6.45, 7) is 0. The zero-order valence-electron chi connectivity index (χ0n) is 11.4. The van der Waals surface area contributed by atoms with Crippen molar-refractivity contribution in [2.75, 3.05) is 17.7 Å². The first-order valence-corrected chi connectivity index (χ1v) is 6.89. The van der Waals surface area contributed by atoms with Crippen LogP contribution in [0.4, 0.5) is 24.9 Å². The second kappa shape index (κ2) is 6.28. The standard InChI is InChI=1S/C13H19F3N4/c1-17-12-19-10(13(14,15)16)8-11(20-12)18-9-6-4-2-3-5-7-9/h8-9H,2-7H2,1H3,(H2,17,18,19,20). The molecule has 1 saturated carbocycles. The van der Waals surface area contributed by atoms with E-state index >= 15 is 0 Å². The monoisotopic (exact) mass is 288 g/mol. The van der Waals surface area contributed by atoms with Gasteiger partial charge in [-0.1, -0.05) is 25.7 Å². The van der Waals surface area contributed by atoms with E-state index in [1.54, 1.807) is 0 Å². The third kappa shape index (κ3) is 3.98. The van der Waals surface area contributed by atoms with Crippen LogP contribution in [0.3, 0.4) is 0 Å². The van der Waals surface area contributed by atoms with E-state index < -0.39 is 11.9 Å². The molecule has 0 radical (unpaired) electrons. The predicted octanol–water partition coefficient (Wildman–Crippen LogP) is 3.67. The van der Waals surface area contributed by atoms with Gasteiger partial charge in [-0.3, -0.25) is 0 Å². The van der Waals surface area contributed by atoms with Gasteiger partial charge in [0.25, 0.3) is 0 Å². The minimum Gasteiger partial charge on any atom is -0.367 e. The van der Waals surface area contributed by atoms with Crippen LogP contribution in [0.15, 0.2) is 6.07 Å². The third-order valence-corrected chi connectivity index (χ3v) is 3.45. The van der Waals surface area contributed by atoms with Gasteiger partial charge in [0.15, 0.2) is 5.69 Å². The van der Waals surface area contributed by atoms with Crippen molar-refractivity contribution in [3.8, 4) is 0 Å². The van der Waals surface area contributed by atoms with Crippen LogP contribution in [0.1, 0.15) is 44.2 Å². The zero-order valence-corrected chi connectivity index (χ0v) is 11.4. The summed E-state index contributed by atoms with van der Waals surface area (Å²) >= 11 is 0. The molecule has 0 unspecified atom stereocenters. The van der Waals surface area contributed by atoms with Gasteiger partial charge in [0, 0.05) is 19.2 Å². The average Bonchev–Trinajstić information content (AvgIpc) is 2.66. The Hall–Kier alpha value is -1.53. The Morgan fingerprint density at radius 1 is 1.10 bits per heavy atom. The summed E-state index contributed by atoms with van der Waals surface area (Å²) in [5, 5.41) is 5.68. The maximum Gasteiger partial charge on any atom is 0.433 e. The van der Waals surface area contributed by atoms with E-state index in [-0.39, 0.29) is 17.8 Å². The second-order valence-corrected chi connectivity index (χ2v) is 5.04. The Morgan fingerprint density at radius 3 is 2.30 bits per heavy atom. The smallest absolute Gasteiger partial charge is 0.367 e. The van der Waals surface area contributed by atoms with Gasteiger partial charge in [0.05, 0.1) is 0 Å². The van der Waals surface area contributed by atoms with E-state index in [1.807, 2.05) is 0 Å². The van der Waals surface area contributed by atoms with Gasteiger partial charge in [-0.05, 0) is 12.8 Å². The lowest BCUT2D eigenvalue weighted by atomic mass is 10.1. The van der Waals surface area contributed by atoms with Crippen molar-refractivity contribution >= 4 is 11.8 Å². The average molecular weight is 288 g/mol. The molecule has 0 spiro atoms. The van der Waals surface area contributed by atoms with Gasteiger partial charge in [0.2, 0.25) is 5.95 Å². The molecule has 20 heavy (non-hydrogen) atoms. The minimum absolute atomic E-state index is 0.0176. The van der Waals surface area contributed by atoms with Crippen LogP contribution < -0.4 is 10.6 Å². The molecule has 0 amide bonds. The molecule has 0 bridgehead atoms. The molecule has 1 fully saturated rings. The zero-order chi connectivity index (χ0) is 14.6. The lowest BCUT2D eigenvalue weighted by Gasteiger charge is -2.18. The Balaban J connectivity index is 2.17. The van der Waals surface area contributed by atoms with Crippen molar-refractivity contribution < 1.29 is 13.2 Å². The summed E-state index contributed by atoms with van der Waals surface area (Å²) in [5.41, 5.74) is -0.923. The van der Waals surface area contributed by atoms with Crippen LogP contribution in [0.2, 0.25) is 0 Å². The first kappa shape index (κ1) is 14.9. The van der Waals surface area contributed by atoms with Crippen LogP contribution in [0.5, 0.6) is 0 Å². The number of hydrogen-bond donors (Lipinski definition) is 2. The summed E-state index contributed by atoms with van der Waals surface area (Å²) in [6, 6.07) is 1.17. The van der Waals surface area contributed by atoms with Crippen LogP contribution in [-0.4, -0.2) is 23.1 Å². The summed E-state index contributed by atoms with van der Waals surface area (Å²) in [4.78, 5) is 7.50. The first-order chi connectivity index (χ1) is 9.49. The van der Waals surface area contributed by atoms with Crippen molar-refractivity contribution in [1.82, 2.24) is 9.97 Å². The molecule has 0 atom stereocenters. The van der Waals surface area contributed by atoms with Crippen molar-refractivity contribution in [2.45, 2.75) is 50.7 Å². The van der Waals surface area contributed by atoms with Crippen LogP contribution in [0, 0.1) is 0 Å². The molecule has 1 aliphatic carbocycles. The number of nitrogens with one attached hydrogen (secondary N) is 2. The van der Waals surface area contributed by atoms with E-state index in [4.69, 9.17) is 0 Å². The normalized spacial score (nSPS) is 17.6. The van der Waals surface area contributed by atoms with E-state index in [2.05, 4.69) is 20.6 Å². The van der Waals surface area contributed by atoms with E-state index in [0.717, 1.165) is 31.7 Å². The highest BCUT2D eigenvalue weighted by molar-refractivity contribution is 5.43. The predicted molar refractivity (Wildman–Crippen MR) is 71.7 cm³/mol. The second-order valence-electron chi connectivity index (χ2n) is 5.04. The molecule has 2 rings (SSSR count). The third-order valence-electron chi connectivity index (χ3n) is 3.45. The summed E-state index contributed by atoms with van der Waals surface area (Å²) in [6.07, 6.45) is 2.07. The number of hydrogen-bond acceptors (Lipinski definition) is 4.